The number of amides is 2. The molecule has 3 aromatic rings. The average molecular weight is 506 g/mol. The van der Waals surface area contributed by atoms with Crippen LogP contribution in [0, 0.1) is 5.92 Å². The van der Waals surface area contributed by atoms with Crippen LogP contribution in [0.3, 0.4) is 0 Å². The standard InChI is InChI=1S/C28H35N5O4/c1-18(2)17-33-26(28(36)37-4)25(31-24(35)14-20-8-6-5-7-9-20)23-15-22(16-29-27(23)33)30-21-10-12-32(13-11-21)19(3)34/h5-9,15-16,18,21,30H,10-14,17H2,1-4H3,(H,31,35). The maximum atomic E-state index is 13.1. The number of likely N-dealkylation sites (tertiary alicyclic amines) is 1. The summed E-state index contributed by atoms with van der Waals surface area (Å²) < 4.78 is 6.96. The van der Waals surface area contributed by atoms with Crippen molar-refractivity contribution in [2.24, 2.45) is 5.92 Å². The number of nitrogens with one attached hydrogen (secondary N) is 2. The molecule has 196 valence electrons. The monoisotopic (exact) mass is 505 g/mol. The lowest BCUT2D eigenvalue weighted by Crippen LogP contribution is -2.41. The molecule has 2 aromatic heterocycles. The molecule has 2 amide bonds. The zero-order chi connectivity index (χ0) is 26.5. The van der Waals surface area contributed by atoms with E-state index in [0.29, 0.717) is 36.4 Å². The van der Waals surface area contributed by atoms with Gasteiger partial charge >= 0.3 is 5.97 Å². The fourth-order valence-electron chi connectivity index (χ4n) is 4.82. The van der Waals surface area contributed by atoms with Gasteiger partial charge in [0.15, 0.2) is 5.69 Å². The van der Waals surface area contributed by atoms with Crippen molar-refractivity contribution < 1.29 is 19.1 Å². The Bertz CT molecular complexity index is 1280. The molecule has 1 aromatic carbocycles. The number of nitrogens with zero attached hydrogens (tertiary/aromatic N) is 3. The molecular formula is C28H35N5O4. The molecule has 9 heteroatoms. The van der Waals surface area contributed by atoms with Gasteiger partial charge < -0.3 is 24.8 Å². The Morgan fingerprint density at radius 3 is 2.46 bits per heavy atom. The highest BCUT2D eigenvalue weighted by Crippen LogP contribution is 2.34. The molecule has 1 aliphatic heterocycles. The van der Waals surface area contributed by atoms with Crippen LogP contribution in [-0.4, -0.2) is 58.5 Å². The van der Waals surface area contributed by atoms with E-state index in [1.54, 1.807) is 13.1 Å². The molecular weight excluding hydrogens is 470 g/mol. The number of piperidine rings is 1. The second-order valence-electron chi connectivity index (χ2n) is 9.95. The van der Waals surface area contributed by atoms with E-state index in [9.17, 15) is 14.4 Å². The number of aromatic nitrogens is 2. The molecule has 2 N–H and O–H groups in total. The van der Waals surface area contributed by atoms with E-state index >= 15 is 0 Å². The second-order valence-corrected chi connectivity index (χ2v) is 9.95. The minimum Gasteiger partial charge on any atom is -0.464 e. The van der Waals surface area contributed by atoms with Crippen LogP contribution in [0.1, 0.15) is 49.7 Å². The molecule has 37 heavy (non-hydrogen) atoms. The largest absolute Gasteiger partial charge is 0.464 e. The summed E-state index contributed by atoms with van der Waals surface area (Å²) >= 11 is 0. The first-order chi connectivity index (χ1) is 17.8. The van der Waals surface area contributed by atoms with E-state index in [1.807, 2.05) is 45.9 Å². The van der Waals surface area contributed by atoms with Crippen molar-refractivity contribution in [1.29, 1.82) is 0 Å². The van der Waals surface area contributed by atoms with Crippen LogP contribution in [0.4, 0.5) is 11.4 Å². The van der Waals surface area contributed by atoms with Gasteiger partial charge in [0.1, 0.15) is 5.65 Å². The SMILES string of the molecule is COC(=O)c1c(NC(=O)Cc2ccccc2)c2cc(NC3CCN(C(C)=O)CC3)cnc2n1CC(C)C. The van der Waals surface area contributed by atoms with E-state index in [2.05, 4.69) is 24.5 Å². The highest BCUT2D eigenvalue weighted by molar-refractivity contribution is 6.11. The van der Waals surface area contributed by atoms with Crippen molar-refractivity contribution in [2.45, 2.75) is 52.6 Å². The lowest BCUT2D eigenvalue weighted by molar-refractivity contribution is -0.129. The van der Waals surface area contributed by atoms with E-state index in [4.69, 9.17) is 9.72 Å². The number of hydrogen-bond donors (Lipinski definition) is 2. The number of fused-ring (bicyclic) bond motifs is 1. The Morgan fingerprint density at radius 1 is 1.14 bits per heavy atom. The number of benzene rings is 1. The van der Waals surface area contributed by atoms with E-state index in [1.165, 1.54) is 7.11 Å². The third-order valence-electron chi connectivity index (χ3n) is 6.61. The van der Waals surface area contributed by atoms with Gasteiger partial charge in [0.2, 0.25) is 11.8 Å². The third kappa shape index (κ3) is 6.10. The number of carbonyl (C=O) groups excluding carboxylic acids is 3. The summed E-state index contributed by atoms with van der Waals surface area (Å²) in [5.41, 5.74) is 2.98. The predicted octanol–water partition coefficient (Wildman–Crippen LogP) is 4.08. The summed E-state index contributed by atoms with van der Waals surface area (Å²) in [6.45, 7) is 7.67. The zero-order valence-electron chi connectivity index (χ0n) is 21.9. The Morgan fingerprint density at radius 2 is 1.84 bits per heavy atom. The number of pyridine rings is 1. The second kappa shape index (κ2) is 11.5. The minimum atomic E-state index is -0.528. The van der Waals surface area contributed by atoms with Crippen molar-refractivity contribution in [3.05, 3.63) is 53.9 Å². The van der Waals surface area contributed by atoms with Crippen LogP contribution < -0.4 is 10.6 Å². The minimum absolute atomic E-state index is 0.0965. The first-order valence-corrected chi connectivity index (χ1v) is 12.7. The molecule has 3 heterocycles. The molecule has 9 nitrogen and oxygen atoms in total. The summed E-state index contributed by atoms with van der Waals surface area (Å²) in [7, 11) is 1.34. The maximum Gasteiger partial charge on any atom is 0.356 e. The molecule has 4 rings (SSSR count). The van der Waals surface area contributed by atoms with Crippen LogP contribution in [0.15, 0.2) is 42.6 Å². The number of esters is 1. The molecule has 0 atom stereocenters. The number of carbonyl (C=O) groups is 3. The first-order valence-electron chi connectivity index (χ1n) is 12.7. The molecule has 1 saturated heterocycles. The predicted molar refractivity (Wildman–Crippen MR) is 144 cm³/mol. The fourth-order valence-corrected chi connectivity index (χ4v) is 4.82. The molecule has 0 aliphatic carbocycles. The van der Waals surface area contributed by atoms with Gasteiger partial charge in [0.25, 0.3) is 0 Å². The Balaban J connectivity index is 1.69. The fraction of sp³-hybridized carbons (Fsp3) is 0.429. The van der Waals surface area contributed by atoms with Crippen LogP contribution in [0.2, 0.25) is 0 Å². The summed E-state index contributed by atoms with van der Waals surface area (Å²) in [4.78, 5) is 44.3. The molecule has 1 aliphatic rings. The van der Waals surface area contributed by atoms with Crippen molar-refractivity contribution in [3.8, 4) is 0 Å². The van der Waals surface area contributed by atoms with Gasteiger partial charge in [-0.3, -0.25) is 9.59 Å². The van der Waals surface area contributed by atoms with Gasteiger partial charge in [-0.05, 0) is 30.4 Å². The topological polar surface area (TPSA) is 106 Å². The van der Waals surface area contributed by atoms with Gasteiger partial charge in [0.05, 0.1) is 31.1 Å². The Kier molecular flexibility index (Phi) is 8.11. The normalized spacial score (nSPS) is 14.1. The Labute approximate surface area is 217 Å². The van der Waals surface area contributed by atoms with E-state index in [-0.39, 0.29) is 35.9 Å². The van der Waals surface area contributed by atoms with Gasteiger partial charge in [-0.25, -0.2) is 9.78 Å². The van der Waals surface area contributed by atoms with Crippen LogP contribution in [-0.2, 0) is 27.3 Å². The summed E-state index contributed by atoms with van der Waals surface area (Å²) in [6, 6.07) is 11.6. The summed E-state index contributed by atoms with van der Waals surface area (Å²) in [5.74, 6) is -0.424. The Hall–Kier alpha value is -3.88. The number of hydrogen-bond acceptors (Lipinski definition) is 6. The number of methoxy groups -OCH3 is 1. The van der Waals surface area contributed by atoms with Gasteiger partial charge in [0, 0.05) is 38.0 Å². The molecule has 1 fully saturated rings. The van der Waals surface area contributed by atoms with Crippen molar-refractivity contribution in [3.63, 3.8) is 0 Å². The zero-order valence-corrected chi connectivity index (χ0v) is 21.9. The van der Waals surface area contributed by atoms with Crippen molar-refractivity contribution in [2.75, 3.05) is 30.8 Å². The van der Waals surface area contributed by atoms with Gasteiger partial charge in [-0.1, -0.05) is 44.2 Å². The maximum absolute atomic E-state index is 13.1. The van der Waals surface area contributed by atoms with Gasteiger partial charge in [-0.2, -0.15) is 0 Å². The summed E-state index contributed by atoms with van der Waals surface area (Å²) in [6.07, 6.45) is 3.60. The third-order valence-corrected chi connectivity index (χ3v) is 6.61. The van der Waals surface area contributed by atoms with E-state index in [0.717, 1.165) is 24.1 Å². The highest BCUT2D eigenvalue weighted by atomic mass is 16.5. The summed E-state index contributed by atoms with van der Waals surface area (Å²) in [5, 5.41) is 7.19. The van der Waals surface area contributed by atoms with Crippen LogP contribution in [0.25, 0.3) is 11.0 Å². The van der Waals surface area contributed by atoms with E-state index < -0.39 is 5.97 Å². The lowest BCUT2D eigenvalue weighted by Gasteiger charge is -2.32. The van der Waals surface area contributed by atoms with Crippen molar-refractivity contribution in [1.82, 2.24) is 14.5 Å². The number of anilines is 2. The highest BCUT2D eigenvalue weighted by Gasteiger charge is 2.27. The van der Waals surface area contributed by atoms with Crippen LogP contribution >= 0.6 is 0 Å². The molecule has 0 bridgehead atoms. The molecule has 0 saturated carbocycles. The quantitative estimate of drug-likeness (QED) is 0.447. The van der Waals surface area contributed by atoms with Crippen LogP contribution in [0.5, 0.6) is 0 Å². The molecule has 0 radical (unpaired) electrons. The molecule has 0 spiro atoms. The van der Waals surface area contributed by atoms with Crippen molar-refractivity contribution >= 4 is 40.2 Å². The smallest absolute Gasteiger partial charge is 0.356 e. The number of rotatable bonds is 8. The number of ether oxygens (including phenoxy) is 1. The average Bonchev–Trinajstić information content (AvgIpc) is 3.16. The first kappa shape index (κ1) is 26.2. The lowest BCUT2D eigenvalue weighted by atomic mass is 10.0. The van der Waals surface area contributed by atoms with Gasteiger partial charge in [-0.15, -0.1) is 0 Å². The molecule has 0 unspecified atom stereocenters.